The Morgan fingerprint density at radius 2 is 1.88 bits per heavy atom. The van der Waals surface area contributed by atoms with Gasteiger partial charge in [-0.15, -0.1) is 0 Å². The van der Waals surface area contributed by atoms with Crippen molar-refractivity contribution in [1.29, 1.82) is 5.41 Å². The van der Waals surface area contributed by atoms with E-state index in [0.29, 0.717) is 37.7 Å². The molecule has 0 bridgehead atoms. The minimum absolute atomic E-state index is 0.142. The number of nitrogens with one attached hydrogen (secondary N) is 5. The van der Waals surface area contributed by atoms with Crippen molar-refractivity contribution in [3.63, 3.8) is 0 Å². The lowest BCUT2D eigenvalue weighted by molar-refractivity contribution is -0.525. The van der Waals surface area contributed by atoms with Gasteiger partial charge in [-0.2, -0.15) is 0 Å². The molecule has 0 saturated heterocycles. The number of amides is 2. The number of nitrogens with zero attached hydrogens (tertiary/aromatic N) is 1. The van der Waals surface area contributed by atoms with Gasteiger partial charge in [0.15, 0.2) is 5.03 Å². The molecule has 0 aliphatic rings. The van der Waals surface area contributed by atoms with Gasteiger partial charge in [-0.1, -0.05) is 44.4 Å². The summed E-state index contributed by atoms with van der Waals surface area (Å²) >= 11 is 0. The fourth-order valence-electron chi connectivity index (χ4n) is 2.86. The van der Waals surface area contributed by atoms with Gasteiger partial charge in [0.05, 0.1) is 12.6 Å². The van der Waals surface area contributed by atoms with E-state index in [1.165, 1.54) is 0 Å². The molecule has 11 nitrogen and oxygen atoms in total. The number of rotatable bonds is 14. The molecule has 0 fully saturated rings. The number of ether oxygens (including phenoxy) is 1. The molecule has 32 heavy (non-hydrogen) atoms. The second-order valence-electron chi connectivity index (χ2n) is 7.69. The molecule has 0 aliphatic heterocycles. The van der Waals surface area contributed by atoms with E-state index in [1.807, 2.05) is 44.2 Å². The molecule has 0 aliphatic carbocycles. The van der Waals surface area contributed by atoms with Crippen molar-refractivity contribution in [2.45, 2.75) is 58.5 Å². The lowest BCUT2D eigenvalue weighted by Crippen LogP contribution is -2.60. The Labute approximate surface area is 188 Å². The number of guanidine groups is 1. The summed E-state index contributed by atoms with van der Waals surface area (Å²) in [5.41, 5.74) is 1.70. The van der Waals surface area contributed by atoms with Crippen LogP contribution in [-0.2, 0) is 9.59 Å². The molecule has 0 spiro atoms. The number of benzene rings is 1. The Morgan fingerprint density at radius 1 is 1.19 bits per heavy atom. The maximum absolute atomic E-state index is 12.8. The quantitative estimate of drug-likeness (QED) is 0.0946. The predicted molar refractivity (Wildman–Crippen MR) is 121 cm³/mol. The third-order valence-corrected chi connectivity index (χ3v) is 4.56. The zero-order chi connectivity index (χ0) is 23.9. The summed E-state index contributed by atoms with van der Waals surface area (Å²) < 4.78 is 5.57. The summed E-state index contributed by atoms with van der Waals surface area (Å²) in [5.74, 6) is -0.215. The van der Waals surface area contributed by atoms with Gasteiger partial charge in [-0.05, 0) is 37.3 Å². The molecular weight excluding hydrogens is 416 g/mol. The topological polar surface area (TPSA) is 158 Å². The number of carbonyl (C=O) groups is 2. The zero-order valence-corrected chi connectivity index (χ0v) is 18.8. The second-order valence-corrected chi connectivity index (χ2v) is 7.69. The number of hydrogen-bond donors (Lipinski definition) is 5. The van der Waals surface area contributed by atoms with Crippen LogP contribution in [0.4, 0.5) is 0 Å². The highest BCUT2D eigenvalue weighted by molar-refractivity contribution is 5.89. The van der Waals surface area contributed by atoms with Crippen molar-refractivity contribution in [2.75, 3.05) is 13.2 Å². The molecule has 1 rings (SSSR count). The molecule has 0 heterocycles. The average Bonchev–Trinajstić information content (AvgIpc) is 2.73. The minimum atomic E-state index is -0.997. The van der Waals surface area contributed by atoms with Crippen molar-refractivity contribution < 1.29 is 19.4 Å². The Morgan fingerprint density at radius 3 is 2.47 bits per heavy atom. The van der Waals surface area contributed by atoms with Gasteiger partial charge < -0.3 is 20.7 Å². The lowest BCUT2D eigenvalue weighted by atomic mass is 10.0. The standard InChI is InChI=1S/C21H34N6O5/c1-4-17(24-21(22)26-27(30)31)19(20(29)23-13-12-15(2)3)25-18(28)11-8-14-32-16-9-6-5-7-10-16/h5-7,9-10,15,17,19H,4,8,11-14H2,1-3H3,(H,23,29)(H,25,28)(H3,22,24,26)/t17?,19-/m0/s1. The predicted octanol–water partition coefficient (Wildman–Crippen LogP) is 1.58. The molecule has 0 saturated carbocycles. The number of hydrogen-bond acceptors (Lipinski definition) is 6. The number of carbonyl (C=O) groups excluding carboxylic acids is 2. The number of hydrazine groups is 1. The summed E-state index contributed by atoms with van der Waals surface area (Å²) in [6, 6.07) is 7.53. The van der Waals surface area contributed by atoms with Crippen molar-refractivity contribution in [2.24, 2.45) is 5.92 Å². The van der Waals surface area contributed by atoms with E-state index in [-0.39, 0.29) is 12.3 Å². The van der Waals surface area contributed by atoms with Gasteiger partial charge in [0.25, 0.3) is 5.96 Å². The fourth-order valence-corrected chi connectivity index (χ4v) is 2.86. The summed E-state index contributed by atoms with van der Waals surface area (Å²) in [6.45, 7) is 6.60. The highest BCUT2D eigenvalue weighted by atomic mass is 16.7. The van der Waals surface area contributed by atoms with E-state index in [4.69, 9.17) is 10.1 Å². The van der Waals surface area contributed by atoms with Gasteiger partial charge in [0, 0.05) is 13.0 Å². The van der Waals surface area contributed by atoms with Crippen LogP contribution in [0, 0.1) is 21.4 Å². The molecule has 2 atom stereocenters. The van der Waals surface area contributed by atoms with Crippen LogP contribution in [0.3, 0.4) is 0 Å². The normalized spacial score (nSPS) is 12.4. The number of nitro groups is 1. The largest absolute Gasteiger partial charge is 0.494 e. The molecule has 1 aromatic rings. The molecule has 0 radical (unpaired) electrons. The smallest absolute Gasteiger partial charge is 0.251 e. The van der Waals surface area contributed by atoms with Crippen LogP contribution in [0.25, 0.3) is 0 Å². The minimum Gasteiger partial charge on any atom is -0.494 e. The molecule has 0 aromatic heterocycles. The first-order valence-corrected chi connectivity index (χ1v) is 10.7. The van der Waals surface area contributed by atoms with Crippen LogP contribution in [0.2, 0.25) is 0 Å². The summed E-state index contributed by atoms with van der Waals surface area (Å²) in [5, 5.41) is 25.5. The second kappa shape index (κ2) is 14.6. The van der Waals surface area contributed by atoms with E-state index in [1.54, 1.807) is 12.3 Å². The summed E-state index contributed by atoms with van der Waals surface area (Å²) in [7, 11) is 0. The highest BCUT2D eigenvalue weighted by Crippen LogP contribution is 2.09. The summed E-state index contributed by atoms with van der Waals surface area (Å²) in [6.07, 6.45) is 1.71. The van der Waals surface area contributed by atoms with Crippen LogP contribution in [0.5, 0.6) is 5.75 Å². The maximum atomic E-state index is 12.8. The van der Waals surface area contributed by atoms with E-state index in [0.717, 1.165) is 6.42 Å². The van der Waals surface area contributed by atoms with Gasteiger partial charge in [0.1, 0.15) is 11.8 Å². The van der Waals surface area contributed by atoms with Crippen LogP contribution < -0.4 is 26.1 Å². The van der Waals surface area contributed by atoms with Gasteiger partial charge in [-0.3, -0.25) is 15.0 Å². The van der Waals surface area contributed by atoms with Crippen molar-refractivity contribution >= 4 is 17.8 Å². The van der Waals surface area contributed by atoms with Gasteiger partial charge in [0.2, 0.25) is 11.8 Å². The fraction of sp³-hybridized carbons (Fsp3) is 0.571. The van der Waals surface area contributed by atoms with Crippen molar-refractivity contribution in [3.8, 4) is 5.75 Å². The maximum Gasteiger partial charge on any atom is 0.251 e. The van der Waals surface area contributed by atoms with E-state index in [9.17, 15) is 19.7 Å². The third kappa shape index (κ3) is 11.1. The first-order chi connectivity index (χ1) is 15.2. The average molecular weight is 451 g/mol. The Balaban J connectivity index is 2.68. The first-order valence-electron chi connectivity index (χ1n) is 10.7. The zero-order valence-electron chi connectivity index (χ0n) is 18.8. The Kier molecular flexibility index (Phi) is 12.2. The van der Waals surface area contributed by atoms with Crippen molar-refractivity contribution in [1.82, 2.24) is 21.4 Å². The summed E-state index contributed by atoms with van der Waals surface area (Å²) in [4.78, 5) is 35.8. The van der Waals surface area contributed by atoms with Crippen LogP contribution in [0.15, 0.2) is 30.3 Å². The van der Waals surface area contributed by atoms with Crippen molar-refractivity contribution in [3.05, 3.63) is 40.4 Å². The SMILES string of the molecule is CCC(NC(=N)N[N+](=O)[O-])[C@H](NC(=O)CCCOc1ccccc1)C(=O)NCCC(C)C. The molecule has 1 aromatic carbocycles. The van der Waals surface area contributed by atoms with E-state index in [2.05, 4.69) is 16.0 Å². The molecular formula is C21H34N6O5. The Bertz CT molecular complexity index is 743. The van der Waals surface area contributed by atoms with Crippen LogP contribution in [0.1, 0.15) is 46.5 Å². The van der Waals surface area contributed by atoms with Gasteiger partial charge in [-0.25, -0.2) is 10.1 Å². The molecule has 2 amide bonds. The third-order valence-electron chi connectivity index (χ3n) is 4.56. The monoisotopic (exact) mass is 450 g/mol. The van der Waals surface area contributed by atoms with E-state index < -0.39 is 29.0 Å². The van der Waals surface area contributed by atoms with Gasteiger partial charge >= 0.3 is 0 Å². The van der Waals surface area contributed by atoms with E-state index >= 15 is 0 Å². The molecule has 5 N–H and O–H groups in total. The van der Waals surface area contributed by atoms with Crippen LogP contribution in [-0.4, -0.2) is 48.0 Å². The Hall–Kier alpha value is -3.37. The first kappa shape index (κ1) is 26.7. The van der Waals surface area contributed by atoms with Crippen LogP contribution >= 0.6 is 0 Å². The molecule has 178 valence electrons. The molecule has 11 heteroatoms. The lowest BCUT2D eigenvalue weighted by Gasteiger charge is -2.27. The highest BCUT2D eigenvalue weighted by Gasteiger charge is 2.29. The number of para-hydroxylation sites is 1. The molecule has 1 unspecified atom stereocenters.